The molecule has 0 fully saturated rings. The van der Waals surface area contributed by atoms with E-state index in [0.717, 1.165) is 0 Å². The Hall–Kier alpha value is -2.26. The van der Waals surface area contributed by atoms with Gasteiger partial charge in [0, 0.05) is 7.05 Å². The molecule has 11 heteroatoms. The molecule has 0 radical (unpaired) electrons. The Kier molecular flexibility index (Phi) is 7.83. The number of anilines is 1. The minimum absolute atomic E-state index is 0.0924. The lowest BCUT2D eigenvalue weighted by Crippen LogP contribution is -2.28. The molecular formula is C20H18Cl3N5O2S. The molecule has 3 aromatic rings. The summed E-state index contributed by atoms with van der Waals surface area (Å²) in [7, 11) is 1.77. The van der Waals surface area contributed by atoms with Crippen LogP contribution >= 0.6 is 46.6 Å². The maximum Gasteiger partial charge on any atom is 0.253 e. The van der Waals surface area contributed by atoms with E-state index >= 15 is 0 Å². The molecule has 2 amide bonds. The number of thioether (sulfide) groups is 1. The predicted octanol–water partition coefficient (Wildman–Crippen LogP) is 5.00. The molecule has 2 N–H and O–H groups in total. The number of rotatable bonds is 7. The van der Waals surface area contributed by atoms with Gasteiger partial charge in [0.05, 0.1) is 38.1 Å². The van der Waals surface area contributed by atoms with E-state index in [2.05, 4.69) is 20.8 Å². The van der Waals surface area contributed by atoms with E-state index in [4.69, 9.17) is 34.8 Å². The summed E-state index contributed by atoms with van der Waals surface area (Å²) in [5.41, 5.74) is 0.818. The van der Waals surface area contributed by atoms with Crippen LogP contribution in [0.5, 0.6) is 0 Å². The summed E-state index contributed by atoms with van der Waals surface area (Å²) in [6, 6.07) is 11.4. The van der Waals surface area contributed by atoms with Crippen molar-refractivity contribution in [3.63, 3.8) is 0 Å². The zero-order valence-corrected chi connectivity index (χ0v) is 19.6. The van der Waals surface area contributed by atoms with Gasteiger partial charge in [-0.25, -0.2) is 0 Å². The number of carbonyl (C=O) groups excluding carboxylic acids is 2. The first-order chi connectivity index (χ1) is 14.8. The lowest BCUT2D eigenvalue weighted by molar-refractivity contribution is -0.113. The molecule has 0 aliphatic carbocycles. The summed E-state index contributed by atoms with van der Waals surface area (Å²) >= 11 is 19.3. The predicted molar refractivity (Wildman–Crippen MR) is 124 cm³/mol. The molecule has 0 saturated carbocycles. The lowest BCUT2D eigenvalue weighted by Gasteiger charge is -2.14. The first-order valence-electron chi connectivity index (χ1n) is 9.09. The minimum atomic E-state index is -0.422. The van der Waals surface area contributed by atoms with E-state index in [-0.39, 0.29) is 22.6 Å². The fourth-order valence-electron chi connectivity index (χ4n) is 2.73. The Morgan fingerprint density at radius 1 is 1.06 bits per heavy atom. The van der Waals surface area contributed by atoms with Crippen LogP contribution in [0.4, 0.5) is 5.69 Å². The fourth-order valence-corrected chi connectivity index (χ4v) is 4.02. The second-order valence-electron chi connectivity index (χ2n) is 6.51. The lowest BCUT2D eigenvalue weighted by atomic mass is 10.2. The first kappa shape index (κ1) is 23.4. The minimum Gasteiger partial charge on any atom is -0.342 e. The second-order valence-corrected chi connectivity index (χ2v) is 8.65. The standard InChI is InChI=1S/C20H18Cl3N5O2S/c1-11(24-19(30)12-6-3-4-7-13(12)21)18-26-27-20(28(18)2)31-10-16(29)25-15-9-5-8-14(22)17(15)23/h3-9,11H,10H2,1-2H3,(H,24,30)(H,25,29)/t11-/m0/s1. The molecule has 0 saturated heterocycles. The van der Waals surface area contributed by atoms with Gasteiger partial charge in [0.25, 0.3) is 5.91 Å². The average molecular weight is 499 g/mol. The Balaban J connectivity index is 1.60. The molecule has 0 unspecified atom stereocenters. The van der Waals surface area contributed by atoms with Gasteiger partial charge in [0.15, 0.2) is 11.0 Å². The highest BCUT2D eigenvalue weighted by Crippen LogP contribution is 2.30. The molecule has 1 aromatic heterocycles. The summed E-state index contributed by atoms with van der Waals surface area (Å²) in [5.74, 6) is 0.0582. The third-order valence-corrected chi connectivity index (χ3v) is 6.45. The smallest absolute Gasteiger partial charge is 0.253 e. The van der Waals surface area contributed by atoms with Gasteiger partial charge in [0.2, 0.25) is 5.91 Å². The molecule has 2 aromatic carbocycles. The molecule has 7 nitrogen and oxygen atoms in total. The summed E-state index contributed by atoms with van der Waals surface area (Å²) in [4.78, 5) is 24.8. The van der Waals surface area contributed by atoms with Crippen LogP contribution in [0.2, 0.25) is 15.1 Å². The van der Waals surface area contributed by atoms with E-state index in [9.17, 15) is 9.59 Å². The largest absolute Gasteiger partial charge is 0.342 e. The normalized spacial score (nSPS) is 11.8. The number of benzene rings is 2. The number of hydrogen-bond acceptors (Lipinski definition) is 5. The number of amides is 2. The third-order valence-electron chi connectivity index (χ3n) is 4.28. The van der Waals surface area contributed by atoms with Crippen molar-refractivity contribution in [3.8, 4) is 0 Å². The highest BCUT2D eigenvalue weighted by atomic mass is 35.5. The second kappa shape index (κ2) is 10.4. The highest BCUT2D eigenvalue weighted by Gasteiger charge is 2.20. The van der Waals surface area contributed by atoms with Gasteiger partial charge in [-0.2, -0.15) is 0 Å². The van der Waals surface area contributed by atoms with Gasteiger partial charge in [0.1, 0.15) is 0 Å². The van der Waals surface area contributed by atoms with Crippen LogP contribution in [0.3, 0.4) is 0 Å². The van der Waals surface area contributed by atoms with Crippen molar-refractivity contribution >= 4 is 64.1 Å². The molecule has 1 heterocycles. The van der Waals surface area contributed by atoms with Gasteiger partial charge in [-0.3, -0.25) is 9.59 Å². The molecule has 3 rings (SSSR count). The number of nitrogens with one attached hydrogen (secondary N) is 2. The Morgan fingerprint density at radius 3 is 2.52 bits per heavy atom. The van der Waals surface area contributed by atoms with E-state index in [1.807, 2.05) is 0 Å². The van der Waals surface area contributed by atoms with Crippen LogP contribution < -0.4 is 10.6 Å². The summed E-state index contributed by atoms with van der Waals surface area (Å²) in [6.45, 7) is 1.79. The Morgan fingerprint density at radius 2 is 1.77 bits per heavy atom. The van der Waals surface area contributed by atoms with Crippen LogP contribution in [0, 0.1) is 0 Å². The molecule has 0 spiro atoms. The van der Waals surface area contributed by atoms with Crippen LogP contribution in [-0.4, -0.2) is 32.3 Å². The van der Waals surface area contributed by atoms with Crippen molar-refractivity contribution in [2.24, 2.45) is 7.05 Å². The Labute approximate surface area is 198 Å². The van der Waals surface area contributed by atoms with Crippen LogP contribution in [0.15, 0.2) is 47.6 Å². The van der Waals surface area contributed by atoms with Gasteiger partial charge >= 0.3 is 0 Å². The quantitative estimate of drug-likeness (QED) is 0.448. The zero-order valence-electron chi connectivity index (χ0n) is 16.5. The fraction of sp³-hybridized carbons (Fsp3) is 0.200. The molecule has 31 heavy (non-hydrogen) atoms. The molecule has 0 aliphatic heterocycles. The van der Waals surface area contributed by atoms with Gasteiger partial charge in [-0.1, -0.05) is 64.8 Å². The first-order valence-corrected chi connectivity index (χ1v) is 11.2. The number of carbonyl (C=O) groups is 2. The topological polar surface area (TPSA) is 88.9 Å². The van der Waals surface area contributed by atoms with Crippen molar-refractivity contribution in [3.05, 3.63) is 68.9 Å². The maximum absolute atomic E-state index is 12.5. The van der Waals surface area contributed by atoms with Gasteiger partial charge in [-0.15, -0.1) is 10.2 Å². The van der Waals surface area contributed by atoms with Crippen molar-refractivity contribution in [2.75, 3.05) is 11.1 Å². The molecule has 1 atom stereocenters. The van der Waals surface area contributed by atoms with Crippen LogP contribution in [0.1, 0.15) is 29.1 Å². The third kappa shape index (κ3) is 5.71. The van der Waals surface area contributed by atoms with E-state index in [1.165, 1.54) is 11.8 Å². The number of nitrogens with zero attached hydrogens (tertiary/aromatic N) is 3. The molecule has 162 valence electrons. The van der Waals surface area contributed by atoms with Crippen molar-refractivity contribution in [2.45, 2.75) is 18.1 Å². The molecular weight excluding hydrogens is 481 g/mol. The molecule has 0 bridgehead atoms. The zero-order chi connectivity index (χ0) is 22.5. The van der Waals surface area contributed by atoms with Gasteiger partial charge < -0.3 is 15.2 Å². The monoisotopic (exact) mass is 497 g/mol. The summed E-state index contributed by atoms with van der Waals surface area (Å²) in [5, 5.41) is 15.4. The van der Waals surface area contributed by atoms with Crippen molar-refractivity contribution in [1.82, 2.24) is 20.1 Å². The maximum atomic E-state index is 12.5. The van der Waals surface area contributed by atoms with E-state index < -0.39 is 6.04 Å². The number of hydrogen-bond donors (Lipinski definition) is 2. The van der Waals surface area contributed by atoms with Crippen molar-refractivity contribution in [1.29, 1.82) is 0 Å². The van der Waals surface area contributed by atoms with E-state index in [0.29, 0.717) is 32.3 Å². The van der Waals surface area contributed by atoms with Gasteiger partial charge in [-0.05, 0) is 31.2 Å². The Bertz CT molecular complexity index is 1120. The SMILES string of the molecule is C[C@H](NC(=O)c1ccccc1Cl)c1nnc(SCC(=O)Nc2cccc(Cl)c2Cl)n1C. The average Bonchev–Trinajstić information content (AvgIpc) is 3.10. The van der Waals surface area contributed by atoms with Crippen LogP contribution in [-0.2, 0) is 11.8 Å². The van der Waals surface area contributed by atoms with E-state index in [1.54, 1.807) is 61.0 Å². The summed E-state index contributed by atoms with van der Waals surface area (Å²) < 4.78 is 1.72. The van der Waals surface area contributed by atoms with Crippen molar-refractivity contribution < 1.29 is 9.59 Å². The molecule has 0 aliphatic rings. The highest BCUT2D eigenvalue weighted by molar-refractivity contribution is 7.99. The van der Waals surface area contributed by atoms with Crippen LogP contribution in [0.25, 0.3) is 0 Å². The summed E-state index contributed by atoms with van der Waals surface area (Å²) in [6.07, 6.45) is 0. The number of halogens is 3. The number of aromatic nitrogens is 3.